The number of likely N-dealkylation sites (tertiary alicyclic amines) is 1. The molecule has 2 N–H and O–H groups in total. The summed E-state index contributed by atoms with van der Waals surface area (Å²) in [7, 11) is 0. The first kappa shape index (κ1) is 19.7. The standard InChI is InChI=1S/C21H30N2O4/c1-20(2,3)27-18(24)21(12-17(21)22)11-16-9-10-23(13-16)19(25)26-14-15-7-5-4-6-8-15/h4-8,16-17H,9-14,22H2,1-3H3. The normalized spacial score (nSPS) is 27.3. The molecule has 6 nitrogen and oxygen atoms in total. The molecule has 0 radical (unpaired) electrons. The maximum absolute atomic E-state index is 12.6. The van der Waals surface area contributed by atoms with Gasteiger partial charge >= 0.3 is 12.1 Å². The van der Waals surface area contributed by atoms with Crippen LogP contribution in [0.1, 0.15) is 45.6 Å². The molecule has 1 saturated carbocycles. The highest BCUT2D eigenvalue weighted by atomic mass is 16.6. The number of carbonyl (C=O) groups excluding carboxylic acids is 2. The summed E-state index contributed by atoms with van der Waals surface area (Å²) in [6.07, 6.45) is 1.90. The van der Waals surface area contributed by atoms with E-state index in [-0.39, 0.29) is 30.6 Å². The van der Waals surface area contributed by atoms with E-state index >= 15 is 0 Å². The lowest BCUT2D eigenvalue weighted by atomic mass is 9.90. The van der Waals surface area contributed by atoms with E-state index in [2.05, 4.69) is 0 Å². The fraction of sp³-hybridized carbons (Fsp3) is 0.619. The Balaban J connectivity index is 1.50. The van der Waals surface area contributed by atoms with Gasteiger partial charge in [-0.3, -0.25) is 4.79 Å². The highest BCUT2D eigenvalue weighted by Gasteiger charge is 2.60. The van der Waals surface area contributed by atoms with Gasteiger partial charge in [-0.1, -0.05) is 30.3 Å². The third-order valence-electron chi connectivity index (χ3n) is 5.34. The number of carbonyl (C=O) groups is 2. The molecule has 1 aliphatic heterocycles. The summed E-state index contributed by atoms with van der Waals surface area (Å²) in [5.74, 6) is 0.0444. The van der Waals surface area contributed by atoms with Crippen molar-refractivity contribution in [3.63, 3.8) is 0 Å². The fourth-order valence-electron chi connectivity index (χ4n) is 3.76. The van der Waals surface area contributed by atoms with Crippen LogP contribution in [-0.4, -0.2) is 41.7 Å². The van der Waals surface area contributed by atoms with Gasteiger partial charge in [0.05, 0.1) is 5.41 Å². The Morgan fingerprint density at radius 3 is 2.52 bits per heavy atom. The molecule has 0 spiro atoms. The first-order valence-electron chi connectivity index (χ1n) is 9.64. The third kappa shape index (κ3) is 4.80. The van der Waals surface area contributed by atoms with E-state index in [0.717, 1.165) is 12.0 Å². The number of amides is 1. The van der Waals surface area contributed by atoms with Crippen molar-refractivity contribution >= 4 is 12.1 Å². The van der Waals surface area contributed by atoms with Crippen LogP contribution in [0.2, 0.25) is 0 Å². The predicted octanol–water partition coefficient (Wildman–Crippen LogP) is 3.09. The molecule has 0 bridgehead atoms. The minimum Gasteiger partial charge on any atom is -0.459 e. The molecule has 1 amide bonds. The van der Waals surface area contributed by atoms with E-state index in [4.69, 9.17) is 15.2 Å². The smallest absolute Gasteiger partial charge is 0.410 e. The number of nitrogens with two attached hydrogens (primary N) is 1. The number of nitrogens with zero attached hydrogens (tertiary/aromatic N) is 1. The average Bonchev–Trinajstić information content (AvgIpc) is 3.03. The Bertz CT molecular complexity index is 685. The predicted molar refractivity (Wildman–Crippen MR) is 102 cm³/mol. The Morgan fingerprint density at radius 1 is 1.26 bits per heavy atom. The molecule has 27 heavy (non-hydrogen) atoms. The summed E-state index contributed by atoms with van der Waals surface area (Å²) in [5.41, 5.74) is 5.97. The van der Waals surface area contributed by atoms with Gasteiger partial charge in [0, 0.05) is 19.1 Å². The zero-order valence-corrected chi connectivity index (χ0v) is 16.4. The lowest BCUT2D eigenvalue weighted by molar-refractivity contribution is -0.162. The second-order valence-electron chi connectivity index (χ2n) is 8.81. The topological polar surface area (TPSA) is 81.9 Å². The molecule has 3 atom stereocenters. The van der Waals surface area contributed by atoms with Crippen molar-refractivity contribution < 1.29 is 19.1 Å². The number of hydrogen-bond acceptors (Lipinski definition) is 5. The second kappa shape index (κ2) is 7.50. The van der Waals surface area contributed by atoms with E-state index in [9.17, 15) is 9.59 Å². The Kier molecular flexibility index (Phi) is 5.47. The van der Waals surface area contributed by atoms with E-state index < -0.39 is 11.0 Å². The van der Waals surface area contributed by atoms with Crippen LogP contribution < -0.4 is 5.73 Å². The van der Waals surface area contributed by atoms with Crippen LogP contribution in [0.5, 0.6) is 0 Å². The van der Waals surface area contributed by atoms with Crippen LogP contribution in [0.15, 0.2) is 30.3 Å². The highest BCUT2D eigenvalue weighted by Crippen LogP contribution is 2.52. The van der Waals surface area contributed by atoms with Gasteiger partial charge < -0.3 is 20.1 Å². The number of hydrogen-bond donors (Lipinski definition) is 1. The quantitative estimate of drug-likeness (QED) is 0.801. The van der Waals surface area contributed by atoms with Gasteiger partial charge in [0.15, 0.2) is 0 Å². The van der Waals surface area contributed by atoms with Crippen molar-refractivity contribution in [2.45, 2.75) is 58.3 Å². The van der Waals surface area contributed by atoms with Crippen LogP contribution in [0.25, 0.3) is 0 Å². The zero-order chi connectivity index (χ0) is 19.7. The molecule has 3 rings (SSSR count). The molecule has 1 saturated heterocycles. The van der Waals surface area contributed by atoms with Crippen molar-refractivity contribution in [3.8, 4) is 0 Å². The minimum atomic E-state index is -0.581. The summed E-state index contributed by atoms with van der Waals surface area (Å²) in [6.45, 7) is 7.13. The van der Waals surface area contributed by atoms with Gasteiger partial charge in [0.2, 0.25) is 0 Å². The van der Waals surface area contributed by atoms with Crippen LogP contribution >= 0.6 is 0 Å². The van der Waals surface area contributed by atoms with Crippen molar-refractivity contribution in [2.24, 2.45) is 17.1 Å². The average molecular weight is 374 g/mol. The number of ether oxygens (including phenoxy) is 2. The molecular weight excluding hydrogens is 344 g/mol. The maximum Gasteiger partial charge on any atom is 0.410 e. The molecule has 148 valence electrons. The zero-order valence-electron chi connectivity index (χ0n) is 16.4. The van der Waals surface area contributed by atoms with Crippen molar-refractivity contribution in [1.82, 2.24) is 4.90 Å². The van der Waals surface area contributed by atoms with Crippen LogP contribution in [-0.2, 0) is 20.9 Å². The molecule has 6 heteroatoms. The summed E-state index contributed by atoms with van der Waals surface area (Å²) in [6, 6.07) is 9.48. The Morgan fingerprint density at radius 2 is 1.93 bits per heavy atom. The number of benzene rings is 1. The van der Waals surface area contributed by atoms with E-state index in [1.54, 1.807) is 4.90 Å². The molecule has 3 unspecified atom stereocenters. The van der Waals surface area contributed by atoms with Crippen molar-refractivity contribution in [3.05, 3.63) is 35.9 Å². The first-order valence-corrected chi connectivity index (χ1v) is 9.64. The molecular formula is C21H30N2O4. The SMILES string of the molecule is CC(C)(C)OC(=O)C1(CC2CCN(C(=O)OCc3ccccc3)C2)CC1N. The molecule has 2 aliphatic rings. The maximum atomic E-state index is 12.6. The lowest BCUT2D eigenvalue weighted by Crippen LogP contribution is -2.35. The molecule has 1 heterocycles. The van der Waals surface area contributed by atoms with E-state index in [1.165, 1.54) is 0 Å². The summed E-state index contributed by atoms with van der Waals surface area (Å²) in [4.78, 5) is 26.7. The Labute approximate surface area is 161 Å². The van der Waals surface area contributed by atoms with Gasteiger partial charge in [-0.25, -0.2) is 4.79 Å². The summed E-state index contributed by atoms with van der Waals surface area (Å²) >= 11 is 0. The van der Waals surface area contributed by atoms with Crippen LogP contribution in [0.3, 0.4) is 0 Å². The van der Waals surface area contributed by atoms with Gasteiger partial charge in [0.1, 0.15) is 12.2 Å². The van der Waals surface area contributed by atoms with Crippen LogP contribution in [0, 0.1) is 11.3 Å². The van der Waals surface area contributed by atoms with Gasteiger partial charge in [-0.05, 0) is 51.5 Å². The minimum absolute atomic E-state index is 0.147. The largest absolute Gasteiger partial charge is 0.459 e. The molecule has 1 aliphatic carbocycles. The third-order valence-corrected chi connectivity index (χ3v) is 5.34. The van der Waals surface area contributed by atoms with Crippen molar-refractivity contribution in [2.75, 3.05) is 13.1 Å². The van der Waals surface area contributed by atoms with Crippen molar-refractivity contribution in [1.29, 1.82) is 0 Å². The van der Waals surface area contributed by atoms with Gasteiger partial charge in [-0.2, -0.15) is 0 Å². The molecule has 1 aromatic carbocycles. The van der Waals surface area contributed by atoms with E-state index in [1.807, 2.05) is 51.1 Å². The lowest BCUT2D eigenvalue weighted by Gasteiger charge is -2.26. The molecule has 1 aromatic rings. The van der Waals surface area contributed by atoms with Gasteiger partial charge in [-0.15, -0.1) is 0 Å². The Hall–Kier alpha value is -2.08. The molecule has 0 aromatic heterocycles. The monoisotopic (exact) mass is 374 g/mol. The second-order valence-corrected chi connectivity index (χ2v) is 8.81. The van der Waals surface area contributed by atoms with Crippen LogP contribution in [0.4, 0.5) is 4.79 Å². The first-order chi connectivity index (χ1) is 12.7. The number of rotatable bonds is 5. The van der Waals surface area contributed by atoms with E-state index in [0.29, 0.717) is 25.9 Å². The number of esters is 1. The molecule has 2 fully saturated rings. The highest BCUT2D eigenvalue weighted by molar-refractivity contribution is 5.82. The fourth-order valence-corrected chi connectivity index (χ4v) is 3.76. The summed E-state index contributed by atoms with van der Waals surface area (Å²) in [5, 5.41) is 0. The summed E-state index contributed by atoms with van der Waals surface area (Å²) < 4.78 is 11.0. The van der Waals surface area contributed by atoms with Gasteiger partial charge in [0.25, 0.3) is 0 Å².